The fourth-order valence-corrected chi connectivity index (χ4v) is 0. The summed E-state index contributed by atoms with van der Waals surface area (Å²) in [7, 11) is 0. The van der Waals surface area contributed by atoms with Gasteiger partial charge in [-0.2, -0.15) is 0 Å². The largest absolute Gasteiger partial charge is 0 e. The van der Waals surface area contributed by atoms with Gasteiger partial charge in [-0.3, -0.25) is 0 Å². The monoisotopic (exact) mass is 175 g/mol. The average Bonchev–Trinajstić information content (AvgIpc) is 0. The van der Waals surface area contributed by atoms with Crippen molar-refractivity contribution in [3.05, 3.63) is 0 Å². The zero-order chi connectivity index (χ0) is 0. The molecular formula is AlCaFeMgSi. The van der Waals surface area contributed by atoms with Crippen LogP contribution in [0.2, 0.25) is 0 Å². The molecule has 0 amide bonds. The minimum absolute atomic E-state index is 0. The number of hydrogen-bond donors (Lipinski definition) is 0. The van der Waals surface area contributed by atoms with Gasteiger partial charge < -0.3 is 0 Å². The molecule has 5 heavy (non-hydrogen) atoms. The summed E-state index contributed by atoms with van der Waals surface area (Å²) in [5.74, 6) is 0. The molecule has 0 heterocycles. The van der Waals surface area contributed by atoms with Crippen molar-refractivity contribution in [2.75, 3.05) is 0 Å². The zero-order valence-electron chi connectivity index (χ0n) is 2.85. The van der Waals surface area contributed by atoms with Crippen LogP contribution < -0.4 is 0 Å². The third-order valence-electron chi connectivity index (χ3n) is 0. The van der Waals surface area contributed by atoms with Crippen LogP contribution in [-0.2, 0) is 17.1 Å². The van der Waals surface area contributed by atoms with Gasteiger partial charge in [-0.25, -0.2) is 0 Å². The molecule has 0 aliphatic carbocycles. The second kappa shape index (κ2) is 26.6. The molecular weight excluding hydrogens is 175 g/mol. The smallest absolute Gasteiger partial charge is 0 e. The van der Waals surface area contributed by atoms with Crippen molar-refractivity contribution in [2.24, 2.45) is 0 Å². The van der Waals surface area contributed by atoms with Crippen molar-refractivity contribution in [2.45, 2.75) is 0 Å². The maximum absolute atomic E-state index is 0. The van der Waals surface area contributed by atoms with Gasteiger partial charge in [-0.05, 0) is 0 Å². The minimum Gasteiger partial charge on any atom is 0 e. The molecule has 0 aliphatic heterocycles. The van der Waals surface area contributed by atoms with Gasteiger partial charge in [-0.15, -0.1) is 0 Å². The van der Waals surface area contributed by atoms with Crippen LogP contribution in [0.4, 0.5) is 0 Å². The van der Waals surface area contributed by atoms with Gasteiger partial charge in [0.05, 0.1) is 0 Å². The Bertz CT molecular complexity index is 11.6. The van der Waals surface area contributed by atoms with Crippen molar-refractivity contribution >= 4 is 89.1 Å². The first-order chi connectivity index (χ1) is 0. The van der Waals surface area contributed by atoms with E-state index in [2.05, 4.69) is 0 Å². The first kappa shape index (κ1) is 40.7. The number of hydrogen-bond acceptors (Lipinski definition) is 0. The average molecular weight is 175 g/mol. The van der Waals surface area contributed by atoms with E-state index in [1.807, 2.05) is 0 Å². The molecule has 0 N–H and O–H groups in total. The van der Waals surface area contributed by atoms with E-state index >= 15 is 0 Å². The molecule has 0 aromatic heterocycles. The van der Waals surface area contributed by atoms with Crippen molar-refractivity contribution in [1.29, 1.82) is 0 Å². The Morgan fingerprint density at radius 2 is 1.00 bits per heavy atom. The third-order valence-corrected chi connectivity index (χ3v) is 0. The molecule has 0 saturated carbocycles. The second-order valence-electron chi connectivity index (χ2n) is 0. The molecule has 0 unspecified atom stereocenters. The van der Waals surface area contributed by atoms with Crippen molar-refractivity contribution < 1.29 is 17.1 Å². The Balaban J connectivity index is 0. The second-order valence-corrected chi connectivity index (χ2v) is 0. The molecule has 0 fully saturated rings. The molecule has 0 saturated heterocycles. The first-order valence-electron chi connectivity index (χ1n) is 0. The Morgan fingerprint density at radius 1 is 1.00 bits per heavy atom. The van der Waals surface area contributed by atoms with Crippen molar-refractivity contribution in [1.82, 2.24) is 0 Å². The molecule has 0 aromatic carbocycles. The predicted octanol–water partition coefficient (Wildman–Crippen LogP) is -1.53. The predicted molar refractivity (Wildman–Crippen MR) is 23.0 cm³/mol. The SMILES string of the molecule is [Al].[Ca].[Fe].[Mg].[Si]. The van der Waals surface area contributed by atoms with E-state index in [0.717, 1.165) is 0 Å². The molecule has 0 aliphatic rings. The first-order valence-corrected chi connectivity index (χ1v) is 0. The van der Waals surface area contributed by atoms with Gasteiger partial charge in [-0.1, -0.05) is 0 Å². The fourth-order valence-electron chi connectivity index (χ4n) is 0. The molecule has 0 aromatic rings. The van der Waals surface area contributed by atoms with Crippen LogP contribution in [0.25, 0.3) is 0 Å². The molecule has 0 nitrogen and oxygen atoms in total. The van der Waals surface area contributed by atoms with E-state index in [0.29, 0.717) is 0 Å². The van der Waals surface area contributed by atoms with E-state index in [4.69, 9.17) is 0 Å². The summed E-state index contributed by atoms with van der Waals surface area (Å²) >= 11 is 0. The molecule has 19 valence electrons. The summed E-state index contributed by atoms with van der Waals surface area (Å²) in [5.41, 5.74) is 0. The topological polar surface area (TPSA) is 0 Å². The summed E-state index contributed by atoms with van der Waals surface area (Å²) < 4.78 is 0. The van der Waals surface area contributed by atoms with Crippen LogP contribution in [0.1, 0.15) is 0 Å². The standard InChI is InChI=1S/Al.Ca.Fe.Mg.Si. The maximum atomic E-state index is 0. The normalized spacial score (nSPS) is 0. The van der Waals surface area contributed by atoms with E-state index in [1.165, 1.54) is 0 Å². The quantitative estimate of drug-likeness (QED) is 0.392. The van der Waals surface area contributed by atoms with Gasteiger partial charge >= 0.3 is 0 Å². The van der Waals surface area contributed by atoms with Crippen molar-refractivity contribution in [3.63, 3.8) is 0 Å². The van der Waals surface area contributed by atoms with E-state index in [-0.39, 0.29) is 106 Å². The Hall–Kier alpha value is 3.29. The molecule has 0 spiro atoms. The Kier molecular flexibility index (Phi) is 217. The summed E-state index contributed by atoms with van der Waals surface area (Å²) in [6, 6.07) is 0. The van der Waals surface area contributed by atoms with Crippen molar-refractivity contribution in [3.8, 4) is 0 Å². The van der Waals surface area contributed by atoms with Crippen LogP contribution in [0.3, 0.4) is 0 Å². The molecule has 0 rings (SSSR count). The number of rotatable bonds is 0. The summed E-state index contributed by atoms with van der Waals surface area (Å²) in [5, 5.41) is 0. The van der Waals surface area contributed by atoms with Gasteiger partial charge in [0.25, 0.3) is 0 Å². The van der Waals surface area contributed by atoms with Crippen LogP contribution in [0, 0.1) is 0 Å². The summed E-state index contributed by atoms with van der Waals surface area (Å²) in [6.07, 6.45) is 0. The van der Waals surface area contributed by atoms with E-state index < -0.39 is 0 Å². The van der Waals surface area contributed by atoms with Crippen LogP contribution >= 0.6 is 0 Å². The Labute approximate surface area is 104 Å². The molecule has 5 heteroatoms. The Morgan fingerprint density at radius 3 is 1.00 bits per heavy atom. The third kappa shape index (κ3) is 18.8. The van der Waals surface area contributed by atoms with Gasteiger partial charge in [0.1, 0.15) is 0 Å². The fraction of sp³-hybridized carbons (Fsp3) is 0. The molecule has 0 atom stereocenters. The van der Waals surface area contributed by atoms with Crippen LogP contribution in [0.15, 0.2) is 0 Å². The summed E-state index contributed by atoms with van der Waals surface area (Å²) in [4.78, 5) is 0. The molecule has 0 bridgehead atoms. The van der Waals surface area contributed by atoms with Gasteiger partial charge in [0.15, 0.2) is 0 Å². The minimum atomic E-state index is 0. The molecule has 11 radical (unpaired) electrons. The van der Waals surface area contributed by atoms with Gasteiger partial charge in [0, 0.05) is 106 Å². The van der Waals surface area contributed by atoms with E-state index in [9.17, 15) is 0 Å². The maximum Gasteiger partial charge on any atom is 0 e. The van der Waals surface area contributed by atoms with Crippen LogP contribution in [0.5, 0.6) is 0 Å². The zero-order valence-corrected chi connectivity index (χ0v) is 9.73. The van der Waals surface area contributed by atoms with Gasteiger partial charge in [0.2, 0.25) is 0 Å². The summed E-state index contributed by atoms with van der Waals surface area (Å²) in [6.45, 7) is 0. The van der Waals surface area contributed by atoms with E-state index in [1.54, 1.807) is 0 Å². The van der Waals surface area contributed by atoms with Crippen LogP contribution in [-0.4, -0.2) is 89.1 Å².